The second kappa shape index (κ2) is 6.22. The number of hydrogen-bond donors (Lipinski definition) is 3. The number of benzene rings is 1. The second-order valence-corrected chi connectivity index (χ2v) is 5.46. The van der Waals surface area contributed by atoms with E-state index in [-0.39, 0.29) is 5.92 Å². The van der Waals surface area contributed by atoms with E-state index >= 15 is 0 Å². The van der Waals surface area contributed by atoms with Crippen molar-refractivity contribution >= 4 is 29.3 Å². The molecule has 0 spiro atoms. The van der Waals surface area contributed by atoms with Crippen LogP contribution in [0.4, 0.5) is 10.5 Å². The zero-order chi connectivity index (χ0) is 15.6. The number of amides is 2. The van der Waals surface area contributed by atoms with Crippen molar-refractivity contribution in [2.45, 2.75) is 25.8 Å². The number of ether oxygens (including phenoxy) is 1. The molecule has 0 heterocycles. The number of urea groups is 1. The van der Waals surface area contributed by atoms with Crippen LogP contribution in [0.15, 0.2) is 12.1 Å². The summed E-state index contributed by atoms with van der Waals surface area (Å²) in [5.74, 6) is -0.590. The number of rotatable bonds is 5. The summed E-state index contributed by atoms with van der Waals surface area (Å²) in [7, 11) is 1.47. The SMILES string of the molecule is COc1cc(Cl)c(C)cc1NC(=O)NC(C(=O)O)C1CC1. The highest BCUT2D eigenvalue weighted by atomic mass is 35.5. The zero-order valence-electron chi connectivity index (χ0n) is 11.8. The largest absolute Gasteiger partial charge is 0.495 e. The van der Waals surface area contributed by atoms with Crippen LogP contribution >= 0.6 is 11.6 Å². The Morgan fingerprint density at radius 2 is 2.10 bits per heavy atom. The van der Waals surface area contributed by atoms with Gasteiger partial charge in [-0.3, -0.25) is 0 Å². The molecule has 2 rings (SSSR count). The number of aryl methyl sites for hydroxylation is 1. The van der Waals surface area contributed by atoms with Gasteiger partial charge in [-0.25, -0.2) is 9.59 Å². The number of carboxylic acid groups (broad SMARTS) is 1. The van der Waals surface area contributed by atoms with Crippen molar-refractivity contribution in [3.8, 4) is 5.75 Å². The molecule has 1 atom stereocenters. The minimum absolute atomic E-state index is 0.0158. The summed E-state index contributed by atoms with van der Waals surface area (Å²) < 4.78 is 5.15. The molecule has 0 aliphatic heterocycles. The Bertz CT molecular complexity index is 572. The highest BCUT2D eigenvalue weighted by molar-refractivity contribution is 6.31. The number of aliphatic carboxylic acids is 1. The fraction of sp³-hybridized carbons (Fsp3) is 0.429. The number of halogens is 1. The van der Waals surface area contributed by atoms with Crippen molar-refractivity contribution in [3.63, 3.8) is 0 Å². The van der Waals surface area contributed by atoms with Crippen molar-refractivity contribution in [3.05, 3.63) is 22.7 Å². The first-order valence-electron chi connectivity index (χ1n) is 6.57. The minimum atomic E-state index is -1.02. The van der Waals surface area contributed by atoms with E-state index in [0.29, 0.717) is 16.5 Å². The lowest BCUT2D eigenvalue weighted by molar-refractivity contribution is -0.139. The Kier molecular flexibility index (Phi) is 4.57. The third-order valence-electron chi connectivity index (χ3n) is 3.38. The molecule has 1 aliphatic rings. The third-order valence-corrected chi connectivity index (χ3v) is 3.78. The lowest BCUT2D eigenvalue weighted by atomic mass is 10.2. The topological polar surface area (TPSA) is 87.7 Å². The molecule has 1 aromatic carbocycles. The molecule has 21 heavy (non-hydrogen) atoms. The molecule has 1 unspecified atom stereocenters. The van der Waals surface area contributed by atoms with Gasteiger partial charge in [0.1, 0.15) is 11.8 Å². The van der Waals surface area contributed by atoms with Crippen molar-refractivity contribution in [1.82, 2.24) is 5.32 Å². The average molecular weight is 313 g/mol. The van der Waals surface area contributed by atoms with Crippen LogP contribution in [0.2, 0.25) is 5.02 Å². The van der Waals surface area contributed by atoms with Crippen molar-refractivity contribution in [2.75, 3.05) is 12.4 Å². The van der Waals surface area contributed by atoms with E-state index in [2.05, 4.69) is 10.6 Å². The molecule has 7 heteroatoms. The maximum atomic E-state index is 11.9. The van der Waals surface area contributed by atoms with Crippen molar-refractivity contribution in [1.29, 1.82) is 0 Å². The number of nitrogens with one attached hydrogen (secondary N) is 2. The molecule has 1 aliphatic carbocycles. The standard InChI is InChI=1S/C14H17ClN2O4/c1-7-5-10(11(21-2)6-9(7)15)16-14(20)17-12(13(18)19)8-3-4-8/h5-6,8,12H,3-4H2,1-2H3,(H,18,19)(H2,16,17,20). The van der Waals surface area contributed by atoms with Gasteiger partial charge in [-0.2, -0.15) is 0 Å². The first kappa shape index (κ1) is 15.4. The van der Waals surface area contributed by atoms with Gasteiger partial charge in [0.15, 0.2) is 0 Å². The summed E-state index contributed by atoms with van der Waals surface area (Å²) in [5.41, 5.74) is 1.22. The van der Waals surface area contributed by atoms with Crippen molar-refractivity contribution < 1.29 is 19.4 Å². The van der Waals surface area contributed by atoms with Gasteiger partial charge in [0.25, 0.3) is 0 Å². The van der Waals surface area contributed by atoms with Gasteiger partial charge in [0, 0.05) is 11.1 Å². The van der Waals surface area contributed by atoms with Gasteiger partial charge >= 0.3 is 12.0 Å². The molecule has 1 saturated carbocycles. The Morgan fingerprint density at radius 3 is 2.62 bits per heavy atom. The van der Waals surface area contributed by atoms with Crippen LogP contribution in [0, 0.1) is 12.8 Å². The molecule has 2 amide bonds. The first-order chi connectivity index (χ1) is 9.92. The quantitative estimate of drug-likeness (QED) is 0.780. The molecule has 1 aromatic rings. The van der Waals surface area contributed by atoms with E-state index in [0.717, 1.165) is 18.4 Å². The Balaban J connectivity index is 2.08. The monoisotopic (exact) mass is 312 g/mol. The van der Waals surface area contributed by atoms with E-state index < -0.39 is 18.0 Å². The Morgan fingerprint density at radius 1 is 1.43 bits per heavy atom. The fourth-order valence-corrected chi connectivity index (χ4v) is 2.19. The lowest BCUT2D eigenvalue weighted by Crippen LogP contribution is -2.44. The molecule has 3 N–H and O–H groups in total. The van der Waals surface area contributed by atoms with E-state index in [1.165, 1.54) is 7.11 Å². The zero-order valence-corrected chi connectivity index (χ0v) is 12.5. The van der Waals surface area contributed by atoms with Gasteiger partial charge in [0.2, 0.25) is 0 Å². The van der Waals surface area contributed by atoms with Crippen LogP contribution < -0.4 is 15.4 Å². The summed E-state index contributed by atoms with van der Waals surface area (Å²) in [4.78, 5) is 23.1. The first-order valence-corrected chi connectivity index (χ1v) is 6.94. The molecule has 6 nitrogen and oxygen atoms in total. The second-order valence-electron chi connectivity index (χ2n) is 5.05. The molecular formula is C14H17ClN2O4. The number of methoxy groups -OCH3 is 1. The molecule has 0 radical (unpaired) electrons. The molecule has 0 saturated heterocycles. The van der Waals surface area contributed by atoms with Gasteiger partial charge in [0.05, 0.1) is 12.8 Å². The van der Waals surface area contributed by atoms with E-state index in [1.54, 1.807) is 19.1 Å². The molecule has 114 valence electrons. The van der Waals surface area contributed by atoms with Crippen LogP contribution in [0.25, 0.3) is 0 Å². The number of anilines is 1. The number of carbonyl (C=O) groups excluding carboxylic acids is 1. The smallest absolute Gasteiger partial charge is 0.326 e. The van der Waals surface area contributed by atoms with Gasteiger partial charge in [-0.1, -0.05) is 11.6 Å². The number of hydrogen-bond acceptors (Lipinski definition) is 3. The molecular weight excluding hydrogens is 296 g/mol. The molecule has 1 fully saturated rings. The van der Waals surface area contributed by atoms with Crippen molar-refractivity contribution in [2.24, 2.45) is 5.92 Å². The van der Waals surface area contributed by atoms with E-state index in [1.807, 2.05) is 0 Å². The van der Waals surface area contributed by atoms with Gasteiger partial charge in [-0.15, -0.1) is 0 Å². The predicted octanol–water partition coefficient (Wildman–Crippen LogP) is 2.64. The van der Waals surface area contributed by atoms with E-state index in [9.17, 15) is 9.59 Å². The van der Waals surface area contributed by atoms with Crippen LogP contribution in [0.1, 0.15) is 18.4 Å². The predicted molar refractivity (Wildman–Crippen MR) is 79.0 cm³/mol. The minimum Gasteiger partial charge on any atom is -0.495 e. The van der Waals surface area contributed by atoms with E-state index in [4.69, 9.17) is 21.4 Å². The van der Waals surface area contributed by atoms with Gasteiger partial charge < -0.3 is 20.5 Å². The van der Waals surface area contributed by atoms with Crippen LogP contribution in [-0.2, 0) is 4.79 Å². The Hall–Kier alpha value is -1.95. The molecule has 0 bridgehead atoms. The molecule has 0 aromatic heterocycles. The average Bonchev–Trinajstić information content (AvgIpc) is 3.24. The maximum absolute atomic E-state index is 11.9. The fourth-order valence-electron chi connectivity index (χ4n) is 2.04. The normalized spacial score (nSPS) is 15.2. The Labute approximate surface area is 127 Å². The van der Waals surface area contributed by atoms with Gasteiger partial charge in [-0.05, 0) is 37.3 Å². The summed E-state index contributed by atoms with van der Waals surface area (Å²) in [5, 5.41) is 14.7. The summed E-state index contributed by atoms with van der Waals surface area (Å²) in [6.07, 6.45) is 1.64. The van der Waals surface area contributed by atoms with Crippen LogP contribution in [0.3, 0.4) is 0 Å². The summed E-state index contributed by atoms with van der Waals surface area (Å²) in [6, 6.07) is 1.84. The number of carboxylic acids is 1. The third kappa shape index (κ3) is 3.78. The lowest BCUT2D eigenvalue weighted by Gasteiger charge is -2.16. The maximum Gasteiger partial charge on any atom is 0.326 e. The van der Waals surface area contributed by atoms with Crippen LogP contribution in [0.5, 0.6) is 5.75 Å². The highest BCUT2D eigenvalue weighted by Gasteiger charge is 2.37. The van der Waals surface area contributed by atoms with Crippen LogP contribution in [-0.4, -0.2) is 30.3 Å². The summed E-state index contributed by atoms with van der Waals surface area (Å²) in [6.45, 7) is 1.80. The number of carbonyl (C=O) groups is 2. The summed E-state index contributed by atoms with van der Waals surface area (Å²) >= 11 is 5.99. The highest BCUT2D eigenvalue weighted by Crippen LogP contribution is 2.33.